The van der Waals surface area contributed by atoms with Crippen LogP contribution in [-0.4, -0.2) is 82.6 Å². The summed E-state index contributed by atoms with van der Waals surface area (Å²) in [5, 5.41) is 9.03. The van der Waals surface area contributed by atoms with Crippen LogP contribution in [0.15, 0.2) is 0 Å². The molecular weight excluding hydrogens is 306 g/mol. The van der Waals surface area contributed by atoms with Crippen molar-refractivity contribution >= 4 is 24.0 Å². The number of rotatable bonds is 4. The van der Waals surface area contributed by atoms with Gasteiger partial charge in [0, 0.05) is 19.6 Å². The van der Waals surface area contributed by atoms with Gasteiger partial charge in [-0.2, -0.15) is 0 Å². The maximum Gasteiger partial charge on any atom is 0.407 e. The number of urea groups is 1. The molecule has 128 valence electrons. The Morgan fingerprint density at radius 3 is 2.52 bits per heavy atom. The summed E-state index contributed by atoms with van der Waals surface area (Å²) < 4.78 is 4.97. The van der Waals surface area contributed by atoms with Gasteiger partial charge in [-0.05, 0) is 20.8 Å². The van der Waals surface area contributed by atoms with E-state index in [2.05, 4.69) is 0 Å². The van der Waals surface area contributed by atoms with Crippen molar-refractivity contribution in [3.8, 4) is 0 Å². The largest absolute Gasteiger partial charge is 0.466 e. The van der Waals surface area contributed by atoms with Crippen molar-refractivity contribution in [1.82, 2.24) is 14.7 Å². The van der Waals surface area contributed by atoms with Gasteiger partial charge in [0.2, 0.25) is 0 Å². The number of nitrogens with zero attached hydrogens (tertiary/aromatic N) is 3. The number of hydrogen-bond donors (Lipinski definition) is 1. The third-order valence-electron chi connectivity index (χ3n) is 4.06. The van der Waals surface area contributed by atoms with Gasteiger partial charge in [0.25, 0.3) is 5.91 Å². The van der Waals surface area contributed by atoms with Crippen LogP contribution in [0.5, 0.6) is 0 Å². The van der Waals surface area contributed by atoms with Crippen molar-refractivity contribution in [2.24, 2.45) is 5.41 Å². The number of esters is 1. The Labute approximate surface area is 133 Å². The first-order chi connectivity index (χ1) is 10.7. The van der Waals surface area contributed by atoms with Crippen LogP contribution in [0.2, 0.25) is 0 Å². The van der Waals surface area contributed by atoms with Gasteiger partial charge in [-0.25, -0.2) is 9.59 Å². The predicted molar refractivity (Wildman–Crippen MR) is 77.6 cm³/mol. The van der Waals surface area contributed by atoms with Crippen molar-refractivity contribution in [2.45, 2.75) is 26.8 Å². The maximum absolute atomic E-state index is 12.5. The first-order valence-electron chi connectivity index (χ1n) is 7.46. The molecule has 4 amide bonds. The van der Waals surface area contributed by atoms with Crippen LogP contribution in [0, 0.1) is 5.41 Å². The van der Waals surface area contributed by atoms with E-state index in [1.807, 2.05) is 0 Å². The zero-order chi connectivity index (χ0) is 17.4. The number of carbonyl (C=O) groups is 4. The molecule has 0 aliphatic carbocycles. The highest BCUT2D eigenvalue weighted by atomic mass is 16.5. The molecule has 1 N–H and O–H groups in total. The number of hydrogen-bond acceptors (Lipinski definition) is 5. The minimum absolute atomic E-state index is 0.0454. The average molecular weight is 327 g/mol. The first-order valence-corrected chi connectivity index (χ1v) is 7.46. The molecule has 1 atom stereocenters. The van der Waals surface area contributed by atoms with Gasteiger partial charge in [-0.3, -0.25) is 14.5 Å². The Morgan fingerprint density at radius 1 is 1.30 bits per heavy atom. The van der Waals surface area contributed by atoms with Gasteiger partial charge in [0.15, 0.2) is 0 Å². The Balaban J connectivity index is 2.13. The fourth-order valence-corrected chi connectivity index (χ4v) is 2.76. The van der Waals surface area contributed by atoms with E-state index in [1.54, 1.807) is 20.8 Å². The molecule has 0 aromatic rings. The topological polar surface area (TPSA) is 107 Å². The van der Waals surface area contributed by atoms with E-state index < -0.39 is 35.5 Å². The summed E-state index contributed by atoms with van der Waals surface area (Å²) in [6.45, 7) is 5.30. The zero-order valence-electron chi connectivity index (χ0n) is 13.4. The molecule has 0 radical (unpaired) electrons. The van der Waals surface area contributed by atoms with Crippen molar-refractivity contribution < 1.29 is 29.0 Å². The van der Waals surface area contributed by atoms with Crippen LogP contribution in [0.25, 0.3) is 0 Å². The summed E-state index contributed by atoms with van der Waals surface area (Å²) in [7, 11) is 0. The molecule has 0 saturated carbocycles. The van der Waals surface area contributed by atoms with Gasteiger partial charge >= 0.3 is 18.1 Å². The minimum Gasteiger partial charge on any atom is -0.466 e. The average Bonchev–Trinajstić information content (AvgIpc) is 2.72. The summed E-state index contributed by atoms with van der Waals surface area (Å²) in [6, 6.07) is -1.30. The zero-order valence-corrected chi connectivity index (χ0v) is 13.4. The highest BCUT2D eigenvalue weighted by Gasteiger charge is 2.50. The van der Waals surface area contributed by atoms with Gasteiger partial charge in [0.05, 0.1) is 18.6 Å². The summed E-state index contributed by atoms with van der Waals surface area (Å²) in [5.74, 6) is -0.962. The number of imide groups is 1. The molecule has 2 saturated heterocycles. The molecule has 2 aliphatic heterocycles. The van der Waals surface area contributed by atoms with Gasteiger partial charge in [-0.1, -0.05) is 0 Å². The Bertz CT molecular complexity index is 547. The smallest absolute Gasteiger partial charge is 0.407 e. The van der Waals surface area contributed by atoms with Crippen molar-refractivity contribution in [3.05, 3.63) is 0 Å². The number of ether oxygens (including phenoxy) is 1. The van der Waals surface area contributed by atoms with Crippen LogP contribution < -0.4 is 0 Å². The second-order valence-corrected chi connectivity index (χ2v) is 6.25. The lowest BCUT2D eigenvalue weighted by atomic mass is 9.93. The molecular formula is C14H21N3O6. The molecule has 0 aromatic carbocycles. The molecule has 2 aliphatic rings. The molecule has 0 spiro atoms. The number of fused-ring (bicyclic) bond motifs is 1. The van der Waals surface area contributed by atoms with E-state index in [9.17, 15) is 19.2 Å². The van der Waals surface area contributed by atoms with Crippen LogP contribution in [-0.2, 0) is 14.3 Å². The Hall–Kier alpha value is -2.32. The lowest BCUT2D eigenvalue weighted by Gasteiger charge is -2.33. The van der Waals surface area contributed by atoms with Crippen molar-refractivity contribution in [2.75, 3.05) is 32.8 Å². The molecule has 9 heteroatoms. The maximum atomic E-state index is 12.5. The lowest BCUT2D eigenvalue weighted by molar-refractivity contribution is -0.154. The second kappa shape index (κ2) is 6.05. The van der Waals surface area contributed by atoms with E-state index in [0.717, 1.165) is 9.80 Å². The van der Waals surface area contributed by atoms with Gasteiger partial charge in [-0.15, -0.1) is 0 Å². The highest BCUT2D eigenvalue weighted by molar-refractivity contribution is 6.05. The Morgan fingerprint density at radius 2 is 1.96 bits per heavy atom. The molecule has 9 nitrogen and oxygen atoms in total. The lowest BCUT2D eigenvalue weighted by Crippen LogP contribution is -2.54. The standard InChI is InChI=1S/C14H21N3O6/c1-4-23-11(19)14(2,3)8-17-10(18)9-7-15(13(21)22)5-6-16(9)12(17)20/h9H,4-8H2,1-3H3,(H,21,22)/t9-/m0/s1. The van der Waals surface area contributed by atoms with Crippen LogP contribution >= 0.6 is 0 Å². The van der Waals surface area contributed by atoms with E-state index in [4.69, 9.17) is 9.84 Å². The molecule has 0 unspecified atom stereocenters. The monoisotopic (exact) mass is 327 g/mol. The van der Waals surface area contributed by atoms with Crippen LogP contribution in [0.3, 0.4) is 0 Å². The third kappa shape index (κ3) is 3.08. The normalized spacial score (nSPS) is 21.5. The van der Waals surface area contributed by atoms with Crippen LogP contribution in [0.4, 0.5) is 9.59 Å². The number of carbonyl (C=O) groups excluding carboxylic acids is 3. The Kier molecular flexibility index (Phi) is 4.49. The summed E-state index contributed by atoms with van der Waals surface area (Å²) in [4.78, 5) is 51.4. The predicted octanol–water partition coefficient (Wildman–Crippen LogP) is 0.202. The first kappa shape index (κ1) is 17.0. The summed E-state index contributed by atoms with van der Waals surface area (Å²) in [6.07, 6.45) is -1.12. The quantitative estimate of drug-likeness (QED) is 0.584. The van der Waals surface area contributed by atoms with E-state index in [1.165, 1.54) is 4.90 Å². The number of carboxylic acid groups (broad SMARTS) is 1. The molecule has 0 aromatic heterocycles. The molecule has 2 rings (SSSR count). The van der Waals surface area contributed by atoms with E-state index in [-0.39, 0.29) is 32.8 Å². The molecule has 2 heterocycles. The number of piperazine rings is 1. The third-order valence-corrected chi connectivity index (χ3v) is 4.06. The van der Waals surface area contributed by atoms with Crippen LogP contribution in [0.1, 0.15) is 20.8 Å². The summed E-state index contributed by atoms with van der Waals surface area (Å²) >= 11 is 0. The highest BCUT2D eigenvalue weighted by Crippen LogP contribution is 2.27. The summed E-state index contributed by atoms with van der Waals surface area (Å²) in [5.41, 5.74) is -1.03. The molecule has 2 fully saturated rings. The fraction of sp³-hybridized carbons (Fsp3) is 0.714. The SMILES string of the molecule is CCOC(=O)C(C)(C)CN1C(=O)[C@@H]2CN(C(=O)O)CCN2C1=O. The fourth-order valence-electron chi connectivity index (χ4n) is 2.76. The van der Waals surface area contributed by atoms with E-state index >= 15 is 0 Å². The van der Waals surface area contributed by atoms with Gasteiger partial charge < -0.3 is 19.6 Å². The molecule has 23 heavy (non-hydrogen) atoms. The minimum atomic E-state index is -1.12. The molecule has 0 bridgehead atoms. The van der Waals surface area contributed by atoms with Gasteiger partial charge in [0.1, 0.15) is 6.04 Å². The number of amides is 4. The van der Waals surface area contributed by atoms with Crippen molar-refractivity contribution in [1.29, 1.82) is 0 Å². The second-order valence-electron chi connectivity index (χ2n) is 6.25. The van der Waals surface area contributed by atoms with E-state index in [0.29, 0.717) is 0 Å². The van der Waals surface area contributed by atoms with Crippen molar-refractivity contribution in [3.63, 3.8) is 0 Å².